The van der Waals surface area contributed by atoms with Crippen molar-refractivity contribution in [2.75, 3.05) is 6.54 Å². The van der Waals surface area contributed by atoms with Crippen LogP contribution in [0.25, 0.3) is 17.1 Å². The highest BCUT2D eigenvalue weighted by atomic mass is 16.1. The van der Waals surface area contributed by atoms with Gasteiger partial charge in [0, 0.05) is 25.6 Å². The summed E-state index contributed by atoms with van der Waals surface area (Å²) in [5.74, 6) is 1.85. The Hall–Kier alpha value is -2.88. The molecule has 0 unspecified atom stereocenters. The molecule has 1 amide bonds. The van der Waals surface area contributed by atoms with Gasteiger partial charge in [-0.05, 0) is 36.1 Å². The average molecular weight is 402 g/mol. The first-order valence-corrected chi connectivity index (χ1v) is 11.2. The molecule has 1 aliphatic carbocycles. The predicted octanol–water partition coefficient (Wildman–Crippen LogP) is 5.38. The number of para-hydroxylation sites is 2. The molecule has 1 heterocycles. The number of hydrogen-bond acceptors (Lipinski definition) is 2. The number of rotatable bonds is 8. The second-order valence-electron chi connectivity index (χ2n) is 8.25. The van der Waals surface area contributed by atoms with Crippen LogP contribution in [0.15, 0.2) is 60.7 Å². The van der Waals surface area contributed by atoms with Crippen molar-refractivity contribution in [1.82, 2.24) is 14.9 Å². The Morgan fingerprint density at radius 1 is 1.03 bits per heavy atom. The van der Waals surface area contributed by atoms with Crippen LogP contribution in [0.1, 0.15) is 49.9 Å². The average Bonchev–Trinajstić information content (AvgIpc) is 3.15. The van der Waals surface area contributed by atoms with Gasteiger partial charge in [0.1, 0.15) is 5.82 Å². The molecule has 2 aromatic carbocycles. The zero-order valence-corrected chi connectivity index (χ0v) is 17.6. The highest BCUT2D eigenvalue weighted by Gasteiger charge is 2.16. The summed E-state index contributed by atoms with van der Waals surface area (Å²) >= 11 is 0. The van der Waals surface area contributed by atoms with E-state index in [1.54, 1.807) is 6.08 Å². The summed E-state index contributed by atoms with van der Waals surface area (Å²) in [5, 5.41) is 3.00. The smallest absolute Gasteiger partial charge is 0.244 e. The molecular weight excluding hydrogens is 370 g/mol. The Balaban J connectivity index is 1.37. The molecule has 0 radical (unpaired) electrons. The number of aromatic nitrogens is 2. The summed E-state index contributed by atoms with van der Waals surface area (Å²) in [6.07, 6.45) is 12.3. The van der Waals surface area contributed by atoms with Gasteiger partial charge in [-0.1, -0.05) is 74.6 Å². The minimum absolute atomic E-state index is 0.0660. The number of nitrogens with zero attached hydrogens (tertiary/aromatic N) is 2. The molecule has 0 saturated heterocycles. The lowest BCUT2D eigenvalue weighted by Crippen LogP contribution is -2.24. The van der Waals surface area contributed by atoms with E-state index in [1.165, 1.54) is 44.0 Å². The van der Waals surface area contributed by atoms with Crippen molar-refractivity contribution in [3.63, 3.8) is 0 Å². The molecule has 30 heavy (non-hydrogen) atoms. The minimum atomic E-state index is -0.0660. The van der Waals surface area contributed by atoms with Crippen molar-refractivity contribution >= 4 is 23.0 Å². The summed E-state index contributed by atoms with van der Waals surface area (Å²) < 4.78 is 2.37. The van der Waals surface area contributed by atoms with Crippen molar-refractivity contribution in [2.45, 2.75) is 51.5 Å². The van der Waals surface area contributed by atoms with Crippen LogP contribution >= 0.6 is 0 Å². The molecule has 0 spiro atoms. The number of hydrogen-bond donors (Lipinski definition) is 1. The van der Waals surface area contributed by atoms with Gasteiger partial charge in [-0.3, -0.25) is 4.79 Å². The quantitative estimate of drug-likeness (QED) is 0.515. The summed E-state index contributed by atoms with van der Waals surface area (Å²) in [5.41, 5.74) is 3.28. The molecule has 1 saturated carbocycles. The molecule has 1 aliphatic rings. The lowest BCUT2D eigenvalue weighted by atomic mass is 9.87. The van der Waals surface area contributed by atoms with Crippen LogP contribution in [0.5, 0.6) is 0 Å². The zero-order chi connectivity index (χ0) is 20.6. The van der Waals surface area contributed by atoms with E-state index in [0.29, 0.717) is 6.54 Å². The topological polar surface area (TPSA) is 46.9 Å². The van der Waals surface area contributed by atoms with Crippen molar-refractivity contribution < 1.29 is 4.79 Å². The first-order valence-electron chi connectivity index (χ1n) is 11.2. The van der Waals surface area contributed by atoms with E-state index in [1.807, 2.05) is 42.5 Å². The molecule has 1 fully saturated rings. The van der Waals surface area contributed by atoms with E-state index in [2.05, 4.69) is 28.1 Å². The van der Waals surface area contributed by atoms with E-state index < -0.39 is 0 Å². The third-order valence-corrected chi connectivity index (χ3v) is 6.09. The monoisotopic (exact) mass is 401 g/mol. The van der Waals surface area contributed by atoms with Gasteiger partial charge < -0.3 is 9.88 Å². The minimum Gasteiger partial charge on any atom is -0.352 e. The number of carbonyl (C=O) groups is 1. The number of nitrogens with one attached hydrogen (secondary N) is 1. The molecule has 1 aromatic heterocycles. The molecular formula is C26H31N3O. The second-order valence-corrected chi connectivity index (χ2v) is 8.25. The van der Waals surface area contributed by atoms with Gasteiger partial charge in [0.2, 0.25) is 5.91 Å². The second kappa shape index (κ2) is 10.2. The van der Waals surface area contributed by atoms with Gasteiger partial charge in [0.25, 0.3) is 0 Å². The van der Waals surface area contributed by atoms with E-state index >= 15 is 0 Å². The van der Waals surface area contributed by atoms with Crippen LogP contribution in [0.2, 0.25) is 0 Å². The number of aryl methyl sites for hydroxylation is 1. The number of amides is 1. The Kier molecular flexibility index (Phi) is 6.96. The number of benzene rings is 2. The lowest BCUT2D eigenvalue weighted by Gasteiger charge is -2.22. The molecule has 0 aliphatic heterocycles. The summed E-state index contributed by atoms with van der Waals surface area (Å²) in [6, 6.07) is 18.2. The lowest BCUT2D eigenvalue weighted by molar-refractivity contribution is -0.116. The van der Waals surface area contributed by atoms with Crippen molar-refractivity contribution in [2.24, 2.45) is 5.92 Å². The standard InChI is InChI=1S/C26H31N3O/c30-26(16-15-21-9-3-1-4-10-21)27-19-17-25-28-23-13-7-8-14-24(23)29(25)20-18-22-11-5-2-6-12-22/h1,3-4,7-10,13-16,22H,2,5-6,11-12,17-20H2,(H,27,30). The normalized spacial score (nSPS) is 15.1. The van der Waals surface area contributed by atoms with Crippen LogP contribution in [0.4, 0.5) is 0 Å². The van der Waals surface area contributed by atoms with E-state index in [9.17, 15) is 4.79 Å². The van der Waals surface area contributed by atoms with Gasteiger partial charge in [-0.15, -0.1) is 0 Å². The maximum Gasteiger partial charge on any atom is 0.244 e. The van der Waals surface area contributed by atoms with Crippen LogP contribution in [0, 0.1) is 5.92 Å². The molecule has 0 atom stereocenters. The SMILES string of the molecule is O=C(C=Cc1ccccc1)NCCc1nc2ccccc2n1CCC1CCCCC1. The summed E-state index contributed by atoms with van der Waals surface area (Å²) in [4.78, 5) is 17.0. The number of fused-ring (bicyclic) bond motifs is 1. The molecule has 4 heteroatoms. The van der Waals surface area contributed by atoms with Crippen molar-refractivity contribution in [3.05, 3.63) is 72.1 Å². The van der Waals surface area contributed by atoms with Gasteiger partial charge in [0.05, 0.1) is 11.0 Å². The van der Waals surface area contributed by atoms with Crippen LogP contribution < -0.4 is 5.32 Å². The Bertz CT molecular complexity index is 984. The van der Waals surface area contributed by atoms with Gasteiger partial charge >= 0.3 is 0 Å². The molecule has 1 N–H and O–H groups in total. The highest BCUT2D eigenvalue weighted by molar-refractivity contribution is 5.91. The van der Waals surface area contributed by atoms with Crippen LogP contribution in [0.3, 0.4) is 0 Å². The first kappa shape index (κ1) is 20.4. The molecule has 3 aromatic rings. The fraction of sp³-hybridized carbons (Fsp3) is 0.385. The largest absolute Gasteiger partial charge is 0.352 e. The fourth-order valence-electron chi connectivity index (χ4n) is 4.45. The van der Waals surface area contributed by atoms with Crippen LogP contribution in [-0.2, 0) is 17.8 Å². The first-order chi connectivity index (χ1) is 14.8. The number of carbonyl (C=O) groups excluding carboxylic acids is 1. The van der Waals surface area contributed by atoms with Gasteiger partial charge in [0.15, 0.2) is 0 Å². The highest BCUT2D eigenvalue weighted by Crippen LogP contribution is 2.27. The Labute approximate surface area is 179 Å². The zero-order valence-electron chi connectivity index (χ0n) is 17.6. The summed E-state index contributed by atoms with van der Waals surface area (Å²) in [6.45, 7) is 1.60. The molecule has 156 valence electrons. The Morgan fingerprint density at radius 3 is 2.63 bits per heavy atom. The Morgan fingerprint density at radius 2 is 1.80 bits per heavy atom. The van der Waals surface area contributed by atoms with Crippen molar-refractivity contribution in [3.8, 4) is 0 Å². The van der Waals surface area contributed by atoms with E-state index in [0.717, 1.165) is 35.8 Å². The van der Waals surface area contributed by atoms with Gasteiger partial charge in [-0.2, -0.15) is 0 Å². The predicted molar refractivity (Wildman–Crippen MR) is 123 cm³/mol. The van der Waals surface area contributed by atoms with E-state index in [-0.39, 0.29) is 5.91 Å². The third-order valence-electron chi connectivity index (χ3n) is 6.09. The third kappa shape index (κ3) is 5.38. The fourth-order valence-corrected chi connectivity index (χ4v) is 4.45. The molecule has 4 nitrogen and oxygen atoms in total. The molecule has 0 bridgehead atoms. The summed E-state index contributed by atoms with van der Waals surface area (Å²) in [7, 11) is 0. The van der Waals surface area contributed by atoms with E-state index in [4.69, 9.17) is 4.98 Å². The maximum atomic E-state index is 12.2. The van der Waals surface area contributed by atoms with Crippen molar-refractivity contribution in [1.29, 1.82) is 0 Å². The molecule has 4 rings (SSSR count). The number of imidazole rings is 1. The maximum absolute atomic E-state index is 12.2. The van der Waals surface area contributed by atoms with Crippen LogP contribution in [-0.4, -0.2) is 22.0 Å². The van der Waals surface area contributed by atoms with Gasteiger partial charge in [-0.25, -0.2) is 4.98 Å².